The van der Waals surface area contributed by atoms with Gasteiger partial charge in [0.1, 0.15) is 5.75 Å². The Morgan fingerprint density at radius 2 is 2.00 bits per heavy atom. The quantitative estimate of drug-likeness (QED) is 0.531. The van der Waals surface area contributed by atoms with Crippen molar-refractivity contribution in [2.75, 3.05) is 13.1 Å². The van der Waals surface area contributed by atoms with Crippen molar-refractivity contribution in [2.24, 2.45) is 5.92 Å². The van der Waals surface area contributed by atoms with Crippen LogP contribution in [0.1, 0.15) is 82.8 Å². The number of nitrogens with zero attached hydrogens (tertiary/aromatic N) is 1. The lowest BCUT2D eigenvalue weighted by Gasteiger charge is -2.58. The van der Waals surface area contributed by atoms with Gasteiger partial charge >= 0.3 is 0 Å². The minimum Gasteiger partial charge on any atom is -0.508 e. The van der Waals surface area contributed by atoms with E-state index in [1.165, 1.54) is 32.1 Å². The van der Waals surface area contributed by atoms with Gasteiger partial charge in [0.2, 0.25) is 12.3 Å². The van der Waals surface area contributed by atoms with Gasteiger partial charge in [0, 0.05) is 24.4 Å². The highest BCUT2D eigenvalue weighted by molar-refractivity contribution is 5.87. The number of amides is 2. The van der Waals surface area contributed by atoms with Crippen LogP contribution in [0.15, 0.2) is 18.2 Å². The summed E-state index contributed by atoms with van der Waals surface area (Å²) in [4.78, 5) is 26.2. The fourth-order valence-electron chi connectivity index (χ4n) is 6.45. The number of phenolic OH excluding ortho intramolecular Hbond substituents is 1. The molecule has 2 aliphatic rings. The van der Waals surface area contributed by atoms with Gasteiger partial charge in [-0.3, -0.25) is 19.8 Å². The van der Waals surface area contributed by atoms with Crippen molar-refractivity contribution < 1.29 is 19.8 Å². The van der Waals surface area contributed by atoms with Crippen molar-refractivity contribution in [1.29, 1.82) is 0 Å². The maximum Gasteiger partial charge on any atom is 0.227 e. The number of aliphatic hydroxyl groups is 1. The largest absolute Gasteiger partial charge is 0.508 e. The highest BCUT2D eigenvalue weighted by atomic mass is 16.3. The Balaban J connectivity index is 2.05. The van der Waals surface area contributed by atoms with Gasteiger partial charge in [0.05, 0.1) is 5.60 Å². The predicted molar refractivity (Wildman–Crippen MR) is 125 cm³/mol. The molecule has 3 unspecified atom stereocenters. The van der Waals surface area contributed by atoms with Crippen LogP contribution in [0.5, 0.6) is 5.75 Å². The fourth-order valence-corrected chi connectivity index (χ4v) is 6.45. The van der Waals surface area contributed by atoms with Gasteiger partial charge in [0.25, 0.3) is 0 Å². The van der Waals surface area contributed by atoms with Crippen molar-refractivity contribution in [3.8, 4) is 5.75 Å². The maximum absolute atomic E-state index is 12.8. The summed E-state index contributed by atoms with van der Waals surface area (Å²) >= 11 is 0. The van der Waals surface area contributed by atoms with E-state index in [0.29, 0.717) is 25.2 Å². The number of nitrogens with one attached hydrogen (secondary N) is 1. The first-order valence-corrected chi connectivity index (χ1v) is 12.3. The molecule has 0 radical (unpaired) electrons. The number of carbonyl (C=O) groups excluding carboxylic acids is 2. The molecule has 3 rings (SSSR count). The van der Waals surface area contributed by atoms with E-state index >= 15 is 0 Å². The Morgan fingerprint density at radius 1 is 1.28 bits per heavy atom. The van der Waals surface area contributed by atoms with Gasteiger partial charge in [-0.25, -0.2) is 0 Å². The average molecular weight is 445 g/mol. The molecule has 1 aromatic rings. The normalized spacial score (nSPS) is 29.6. The number of imide groups is 1. The molecule has 32 heavy (non-hydrogen) atoms. The van der Waals surface area contributed by atoms with Crippen LogP contribution in [0.3, 0.4) is 0 Å². The average Bonchev–Trinajstić information content (AvgIpc) is 2.77. The van der Waals surface area contributed by atoms with E-state index in [-0.39, 0.29) is 18.2 Å². The van der Waals surface area contributed by atoms with Gasteiger partial charge in [-0.15, -0.1) is 0 Å². The zero-order valence-corrected chi connectivity index (χ0v) is 19.9. The van der Waals surface area contributed by atoms with Gasteiger partial charge in [0.15, 0.2) is 0 Å². The minimum atomic E-state index is -1.17. The maximum atomic E-state index is 12.8. The summed E-state index contributed by atoms with van der Waals surface area (Å²) in [6.45, 7) is 7.84. The van der Waals surface area contributed by atoms with E-state index in [9.17, 15) is 19.8 Å². The van der Waals surface area contributed by atoms with Crippen molar-refractivity contribution in [2.45, 2.75) is 95.6 Å². The molecule has 2 fully saturated rings. The van der Waals surface area contributed by atoms with Crippen LogP contribution in [0.2, 0.25) is 0 Å². The SMILES string of the molecule is CCCC1(O)C(C)N(CC2CCCCC2)CCC1(CC(=O)NC=O)c1cc(O)ccc1C. The van der Waals surface area contributed by atoms with E-state index in [0.717, 1.165) is 30.6 Å². The summed E-state index contributed by atoms with van der Waals surface area (Å²) in [6.07, 6.45) is 8.69. The second kappa shape index (κ2) is 10.3. The first-order valence-electron chi connectivity index (χ1n) is 12.3. The summed E-state index contributed by atoms with van der Waals surface area (Å²) < 4.78 is 0. The topological polar surface area (TPSA) is 89.9 Å². The zero-order valence-electron chi connectivity index (χ0n) is 19.9. The molecule has 3 atom stereocenters. The third-order valence-corrected chi connectivity index (χ3v) is 8.16. The van der Waals surface area contributed by atoms with Crippen LogP contribution >= 0.6 is 0 Å². The molecular formula is C26H40N2O4. The van der Waals surface area contributed by atoms with Crippen molar-refractivity contribution in [1.82, 2.24) is 10.2 Å². The van der Waals surface area contributed by atoms with E-state index in [1.54, 1.807) is 12.1 Å². The fraction of sp³-hybridized carbons (Fsp3) is 0.692. The number of phenols is 1. The van der Waals surface area contributed by atoms with E-state index in [1.807, 2.05) is 13.0 Å². The smallest absolute Gasteiger partial charge is 0.227 e. The molecule has 6 nitrogen and oxygen atoms in total. The Kier molecular flexibility index (Phi) is 7.99. The second-order valence-corrected chi connectivity index (χ2v) is 10.0. The predicted octanol–water partition coefficient (Wildman–Crippen LogP) is 3.81. The van der Waals surface area contributed by atoms with Gasteiger partial charge in [-0.2, -0.15) is 0 Å². The minimum absolute atomic E-state index is 0.00808. The Morgan fingerprint density at radius 3 is 2.66 bits per heavy atom. The van der Waals surface area contributed by atoms with Crippen LogP contribution in [-0.4, -0.2) is 52.2 Å². The number of aromatic hydroxyl groups is 1. The number of likely N-dealkylation sites (tertiary alicyclic amines) is 1. The number of rotatable bonds is 8. The Hall–Kier alpha value is -1.92. The Bertz CT molecular complexity index is 807. The molecule has 1 saturated heterocycles. The number of hydrogen-bond donors (Lipinski definition) is 3. The van der Waals surface area contributed by atoms with Crippen molar-refractivity contribution in [3.05, 3.63) is 29.3 Å². The number of aryl methyl sites for hydroxylation is 1. The monoisotopic (exact) mass is 444 g/mol. The molecule has 1 aliphatic carbocycles. The van der Waals surface area contributed by atoms with Crippen molar-refractivity contribution >= 4 is 12.3 Å². The number of benzene rings is 1. The first kappa shape index (κ1) is 24.7. The summed E-state index contributed by atoms with van der Waals surface area (Å²) in [5.41, 5.74) is -0.322. The summed E-state index contributed by atoms with van der Waals surface area (Å²) in [7, 11) is 0. The summed E-state index contributed by atoms with van der Waals surface area (Å²) in [5, 5.41) is 25.0. The number of carbonyl (C=O) groups is 2. The standard InChI is InChI=1S/C26H40N2O4/c1-4-12-26(32)20(3)28(17-21-8-6-5-7-9-21)14-13-25(26,16-24(31)27-18-29)23-15-22(30)11-10-19(23)2/h10-11,15,18,20-21,30,32H,4-9,12-14,16-17H2,1-3H3,(H,27,29,31). The molecule has 6 heteroatoms. The van der Waals surface area contributed by atoms with Crippen LogP contribution < -0.4 is 5.32 Å². The molecule has 0 aromatic heterocycles. The van der Waals surface area contributed by atoms with Gasteiger partial charge < -0.3 is 10.2 Å². The second-order valence-electron chi connectivity index (χ2n) is 10.0. The number of piperidine rings is 1. The highest BCUT2D eigenvalue weighted by Gasteiger charge is 2.59. The molecular weight excluding hydrogens is 404 g/mol. The lowest BCUT2D eigenvalue weighted by atomic mass is 9.56. The first-order chi connectivity index (χ1) is 15.3. The van der Waals surface area contributed by atoms with Crippen LogP contribution in [0, 0.1) is 12.8 Å². The Labute approximate surface area is 192 Å². The molecule has 3 N–H and O–H groups in total. The van der Waals surface area contributed by atoms with Crippen LogP contribution in [0.25, 0.3) is 0 Å². The molecule has 0 bridgehead atoms. The zero-order chi connectivity index (χ0) is 23.4. The van der Waals surface area contributed by atoms with E-state index < -0.39 is 16.9 Å². The lowest BCUT2D eigenvalue weighted by molar-refractivity contribution is -0.153. The lowest BCUT2D eigenvalue weighted by Crippen LogP contribution is -2.69. The summed E-state index contributed by atoms with van der Waals surface area (Å²) in [5.74, 6) is 0.382. The molecule has 1 aromatic carbocycles. The molecule has 0 spiro atoms. The molecule has 1 saturated carbocycles. The van der Waals surface area contributed by atoms with E-state index in [2.05, 4.69) is 24.1 Å². The third-order valence-electron chi connectivity index (χ3n) is 8.16. The van der Waals surface area contributed by atoms with Gasteiger partial charge in [-0.05, 0) is 75.3 Å². The van der Waals surface area contributed by atoms with Crippen molar-refractivity contribution in [3.63, 3.8) is 0 Å². The van der Waals surface area contributed by atoms with Crippen LogP contribution in [-0.2, 0) is 15.0 Å². The van der Waals surface area contributed by atoms with Gasteiger partial charge in [-0.1, -0.05) is 38.7 Å². The molecule has 178 valence electrons. The highest BCUT2D eigenvalue weighted by Crippen LogP contribution is 2.52. The molecule has 1 aliphatic heterocycles. The molecule has 1 heterocycles. The third kappa shape index (κ3) is 4.72. The van der Waals surface area contributed by atoms with E-state index in [4.69, 9.17) is 0 Å². The van der Waals surface area contributed by atoms with Crippen LogP contribution in [0.4, 0.5) is 0 Å². The number of hydrogen-bond acceptors (Lipinski definition) is 5. The molecule has 2 amide bonds. The summed E-state index contributed by atoms with van der Waals surface area (Å²) in [6, 6.07) is 5.03.